The van der Waals surface area contributed by atoms with Gasteiger partial charge in [0, 0.05) is 13.7 Å². The summed E-state index contributed by atoms with van der Waals surface area (Å²) in [6.07, 6.45) is 11.7. The van der Waals surface area contributed by atoms with Crippen molar-refractivity contribution >= 4 is 18.9 Å². The molecule has 2 N–H and O–H groups in total. The van der Waals surface area contributed by atoms with Crippen LogP contribution in [0.15, 0.2) is 36.9 Å². The molecule has 6 heteroatoms. The van der Waals surface area contributed by atoms with E-state index in [0.717, 1.165) is 25.4 Å². The zero-order valence-corrected chi connectivity index (χ0v) is 15.9. The van der Waals surface area contributed by atoms with Gasteiger partial charge in [0.1, 0.15) is 12.0 Å². The van der Waals surface area contributed by atoms with E-state index < -0.39 is 7.12 Å². The van der Waals surface area contributed by atoms with Gasteiger partial charge in [0.2, 0.25) is 0 Å². The monoisotopic (exact) mass is 364 g/mol. The minimum atomic E-state index is -1.41. The van der Waals surface area contributed by atoms with Crippen molar-refractivity contribution in [2.45, 2.75) is 51.4 Å². The number of rotatable bonds is 14. The molecule has 0 atom stereocenters. The molecule has 5 nitrogen and oxygen atoms in total. The number of methoxy groups -OCH3 is 1. The fourth-order valence-electron chi connectivity index (χ4n) is 2.34. The number of benzene rings is 1. The number of carbonyl (C=O) groups is 1. The molecule has 1 aromatic rings. The second-order valence-corrected chi connectivity index (χ2v) is 5.98. The number of ether oxygens (including phenoxy) is 2. The van der Waals surface area contributed by atoms with Crippen LogP contribution in [0.5, 0.6) is 5.75 Å². The third-order valence-electron chi connectivity index (χ3n) is 3.79. The Morgan fingerprint density at radius 1 is 0.923 bits per heavy atom. The Hall–Kier alpha value is -1.63. The predicted octanol–water partition coefficient (Wildman–Crippen LogP) is 2.88. The van der Waals surface area contributed by atoms with Crippen molar-refractivity contribution in [2.24, 2.45) is 0 Å². The first-order valence-corrected chi connectivity index (χ1v) is 9.29. The molecule has 26 heavy (non-hydrogen) atoms. The Bertz CT molecular complexity index is 442. The lowest BCUT2D eigenvalue weighted by Crippen LogP contribution is -2.29. The fourth-order valence-corrected chi connectivity index (χ4v) is 2.34. The minimum Gasteiger partial charge on any atom is -0.494 e. The SMILES string of the molecule is C=CC=O.COCCCCCCCCCCOc1ccc(B(O)O)cc1. The molecule has 0 saturated carbocycles. The molecule has 146 valence electrons. The Morgan fingerprint density at radius 3 is 1.81 bits per heavy atom. The quantitative estimate of drug-likeness (QED) is 0.230. The first-order chi connectivity index (χ1) is 12.7. The summed E-state index contributed by atoms with van der Waals surface area (Å²) in [5.41, 5.74) is 0.484. The van der Waals surface area contributed by atoms with Crippen LogP contribution < -0.4 is 10.2 Å². The Labute approximate surface area is 158 Å². The van der Waals surface area contributed by atoms with Crippen LogP contribution in [0.1, 0.15) is 51.4 Å². The molecule has 0 aliphatic heterocycles. The maximum absolute atomic E-state index is 9.06. The van der Waals surface area contributed by atoms with E-state index >= 15 is 0 Å². The Kier molecular flexibility index (Phi) is 17.0. The van der Waals surface area contributed by atoms with E-state index in [0.29, 0.717) is 11.7 Å². The van der Waals surface area contributed by atoms with Crippen molar-refractivity contribution in [1.82, 2.24) is 0 Å². The third-order valence-corrected chi connectivity index (χ3v) is 3.79. The zero-order valence-electron chi connectivity index (χ0n) is 15.9. The van der Waals surface area contributed by atoms with Gasteiger partial charge in [0.15, 0.2) is 0 Å². The second kappa shape index (κ2) is 18.2. The molecule has 0 amide bonds. The summed E-state index contributed by atoms with van der Waals surface area (Å²) in [6, 6.07) is 6.89. The van der Waals surface area contributed by atoms with Gasteiger partial charge < -0.3 is 19.5 Å². The highest BCUT2D eigenvalue weighted by molar-refractivity contribution is 6.58. The van der Waals surface area contributed by atoms with E-state index in [9.17, 15) is 0 Å². The summed E-state index contributed by atoms with van der Waals surface area (Å²) >= 11 is 0. The summed E-state index contributed by atoms with van der Waals surface area (Å²) in [4.78, 5) is 9.06. The van der Waals surface area contributed by atoms with Crippen molar-refractivity contribution in [3.05, 3.63) is 36.9 Å². The van der Waals surface area contributed by atoms with Crippen LogP contribution in [0, 0.1) is 0 Å². The number of unbranched alkanes of at least 4 members (excludes halogenated alkanes) is 7. The average molecular weight is 364 g/mol. The van der Waals surface area contributed by atoms with Gasteiger partial charge in [0.25, 0.3) is 0 Å². The standard InChI is InChI=1S/C17H29BO4.C3H4O/c1-21-14-8-6-4-2-3-5-7-9-15-22-17-12-10-16(11-13-17)18(19)20;1-2-3-4/h10-13,19-20H,2-9,14-15H2,1H3;2-3H,1H2. The van der Waals surface area contributed by atoms with Gasteiger partial charge in [-0.2, -0.15) is 0 Å². The van der Waals surface area contributed by atoms with E-state index in [1.807, 2.05) is 0 Å². The smallest absolute Gasteiger partial charge is 0.488 e. The van der Waals surface area contributed by atoms with Crippen molar-refractivity contribution in [3.63, 3.8) is 0 Å². The van der Waals surface area contributed by atoms with Crippen LogP contribution in [-0.4, -0.2) is 43.8 Å². The number of hydrogen-bond acceptors (Lipinski definition) is 5. The lowest BCUT2D eigenvalue weighted by molar-refractivity contribution is -0.104. The summed E-state index contributed by atoms with van der Waals surface area (Å²) < 4.78 is 10.7. The van der Waals surface area contributed by atoms with Gasteiger partial charge in [-0.15, -0.1) is 0 Å². The maximum Gasteiger partial charge on any atom is 0.488 e. The van der Waals surface area contributed by atoms with Gasteiger partial charge in [0.05, 0.1) is 6.61 Å². The number of carbonyl (C=O) groups excluding carboxylic acids is 1. The lowest BCUT2D eigenvalue weighted by atomic mass is 9.80. The van der Waals surface area contributed by atoms with E-state index in [-0.39, 0.29) is 0 Å². The molecule has 0 fully saturated rings. The lowest BCUT2D eigenvalue weighted by Gasteiger charge is -2.07. The molecule has 0 saturated heterocycles. The van der Waals surface area contributed by atoms with Crippen LogP contribution in [0.25, 0.3) is 0 Å². The molecular formula is C20H33BO5. The minimum absolute atomic E-state index is 0.484. The zero-order chi connectivity index (χ0) is 19.5. The summed E-state index contributed by atoms with van der Waals surface area (Å²) in [7, 11) is 0.343. The van der Waals surface area contributed by atoms with Crippen LogP contribution in [0.4, 0.5) is 0 Å². The number of hydrogen-bond donors (Lipinski definition) is 2. The highest BCUT2D eigenvalue weighted by Crippen LogP contribution is 2.11. The Balaban J connectivity index is 0.00000141. The molecule has 1 aromatic carbocycles. The number of allylic oxidation sites excluding steroid dienone is 1. The first kappa shape index (κ1) is 24.4. The van der Waals surface area contributed by atoms with Gasteiger partial charge in [-0.25, -0.2) is 0 Å². The molecule has 0 aliphatic rings. The van der Waals surface area contributed by atoms with Gasteiger partial charge in [-0.3, -0.25) is 4.79 Å². The summed E-state index contributed by atoms with van der Waals surface area (Å²) in [5, 5.41) is 18.0. The highest BCUT2D eigenvalue weighted by atomic mass is 16.5. The highest BCUT2D eigenvalue weighted by Gasteiger charge is 2.09. The Morgan fingerprint density at radius 2 is 1.38 bits per heavy atom. The van der Waals surface area contributed by atoms with Crippen LogP contribution >= 0.6 is 0 Å². The van der Waals surface area contributed by atoms with Crippen molar-refractivity contribution in [2.75, 3.05) is 20.3 Å². The van der Waals surface area contributed by atoms with Crippen LogP contribution in [0.3, 0.4) is 0 Å². The molecule has 0 aliphatic carbocycles. The molecule has 0 bridgehead atoms. The largest absolute Gasteiger partial charge is 0.494 e. The van der Waals surface area contributed by atoms with Crippen molar-refractivity contribution < 1.29 is 24.3 Å². The molecule has 0 spiro atoms. The normalized spacial score (nSPS) is 9.81. The van der Waals surface area contributed by atoms with E-state index in [4.69, 9.17) is 24.3 Å². The fraction of sp³-hybridized carbons (Fsp3) is 0.550. The van der Waals surface area contributed by atoms with Gasteiger partial charge in [-0.05, 0) is 36.5 Å². The molecule has 0 aromatic heterocycles. The van der Waals surface area contributed by atoms with Crippen molar-refractivity contribution in [3.8, 4) is 5.75 Å². The van der Waals surface area contributed by atoms with Crippen LogP contribution in [0.2, 0.25) is 0 Å². The third kappa shape index (κ3) is 14.7. The van der Waals surface area contributed by atoms with E-state index in [1.54, 1.807) is 31.4 Å². The molecule has 0 unspecified atom stereocenters. The van der Waals surface area contributed by atoms with Crippen molar-refractivity contribution in [1.29, 1.82) is 0 Å². The topological polar surface area (TPSA) is 76.0 Å². The summed E-state index contributed by atoms with van der Waals surface area (Å²) in [6.45, 7) is 4.71. The van der Waals surface area contributed by atoms with Gasteiger partial charge >= 0.3 is 7.12 Å². The number of aldehydes is 1. The molecule has 0 radical (unpaired) electrons. The summed E-state index contributed by atoms with van der Waals surface area (Å²) in [5.74, 6) is 0.780. The van der Waals surface area contributed by atoms with Crippen LogP contribution in [-0.2, 0) is 9.53 Å². The maximum atomic E-state index is 9.06. The predicted molar refractivity (Wildman–Crippen MR) is 107 cm³/mol. The van der Waals surface area contributed by atoms with Gasteiger partial charge in [-0.1, -0.05) is 57.2 Å². The second-order valence-electron chi connectivity index (χ2n) is 5.98. The van der Waals surface area contributed by atoms with E-state index in [2.05, 4.69) is 6.58 Å². The first-order valence-electron chi connectivity index (χ1n) is 9.29. The average Bonchev–Trinajstić information content (AvgIpc) is 2.66. The van der Waals surface area contributed by atoms with E-state index in [1.165, 1.54) is 51.0 Å². The molecular weight excluding hydrogens is 331 g/mol. The molecule has 1 rings (SSSR count). The molecule has 0 heterocycles.